The predicted molar refractivity (Wildman–Crippen MR) is 125 cm³/mol. The van der Waals surface area contributed by atoms with Gasteiger partial charge in [0.25, 0.3) is 5.91 Å². The summed E-state index contributed by atoms with van der Waals surface area (Å²) in [6, 6.07) is 7.14. The van der Waals surface area contributed by atoms with Gasteiger partial charge in [0.1, 0.15) is 0 Å². The molecule has 174 valence electrons. The summed E-state index contributed by atoms with van der Waals surface area (Å²) >= 11 is 0. The maximum atomic E-state index is 13.0. The van der Waals surface area contributed by atoms with Crippen molar-refractivity contribution in [3.8, 4) is 0 Å². The second-order valence-electron chi connectivity index (χ2n) is 10.4. The van der Waals surface area contributed by atoms with E-state index in [2.05, 4.69) is 16.0 Å². The molecule has 4 bridgehead atoms. The second kappa shape index (κ2) is 9.63. The zero-order valence-corrected chi connectivity index (χ0v) is 19.4. The van der Waals surface area contributed by atoms with Crippen LogP contribution in [0.2, 0.25) is 0 Å². The zero-order valence-electron chi connectivity index (χ0n) is 19.4. The number of carbonyl (C=O) groups is 3. The van der Waals surface area contributed by atoms with Crippen LogP contribution in [-0.2, 0) is 9.59 Å². The van der Waals surface area contributed by atoms with E-state index < -0.39 is 0 Å². The first kappa shape index (κ1) is 22.8. The van der Waals surface area contributed by atoms with Gasteiger partial charge >= 0.3 is 0 Å². The molecule has 6 heteroatoms. The molecule has 1 unspecified atom stereocenters. The SMILES string of the molecule is CCC(C)NC(=O)c1ccccc1NC(=O)CCCNC(=O)C12CC3CC(CC(C3)C1)C2. The summed E-state index contributed by atoms with van der Waals surface area (Å²) in [5, 5.41) is 8.94. The Morgan fingerprint density at radius 1 is 1.03 bits per heavy atom. The van der Waals surface area contributed by atoms with Crippen molar-refractivity contribution in [1.82, 2.24) is 10.6 Å². The van der Waals surface area contributed by atoms with Gasteiger partial charge in [-0.05, 0) is 88.2 Å². The van der Waals surface area contributed by atoms with E-state index in [1.807, 2.05) is 13.8 Å². The van der Waals surface area contributed by atoms with Crippen molar-refractivity contribution in [2.24, 2.45) is 23.2 Å². The van der Waals surface area contributed by atoms with Gasteiger partial charge in [0.15, 0.2) is 0 Å². The lowest BCUT2D eigenvalue weighted by Crippen LogP contribution is -2.53. The van der Waals surface area contributed by atoms with Crippen LogP contribution in [-0.4, -0.2) is 30.3 Å². The maximum Gasteiger partial charge on any atom is 0.253 e. The van der Waals surface area contributed by atoms with E-state index in [1.165, 1.54) is 19.3 Å². The van der Waals surface area contributed by atoms with Crippen molar-refractivity contribution in [2.45, 2.75) is 77.7 Å². The average molecular weight is 440 g/mol. The molecule has 6 nitrogen and oxygen atoms in total. The van der Waals surface area contributed by atoms with Crippen LogP contribution in [0.3, 0.4) is 0 Å². The summed E-state index contributed by atoms with van der Waals surface area (Å²) in [5.41, 5.74) is 0.853. The highest BCUT2D eigenvalue weighted by atomic mass is 16.2. The maximum absolute atomic E-state index is 13.0. The van der Waals surface area contributed by atoms with Crippen LogP contribution in [0.1, 0.15) is 82.0 Å². The van der Waals surface area contributed by atoms with Gasteiger partial charge in [0.05, 0.1) is 11.3 Å². The molecule has 1 aromatic rings. The van der Waals surface area contributed by atoms with E-state index in [4.69, 9.17) is 0 Å². The molecule has 0 aliphatic heterocycles. The second-order valence-corrected chi connectivity index (χ2v) is 10.4. The van der Waals surface area contributed by atoms with Crippen molar-refractivity contribution in [3.63, 3.8) is 0 Å². The Morgan fingerprint density at radius 3 is 2.28 bits per heavy atom. The molecule has 4 aliphatic rings. The van der Waals surface area contributed by atoms with Crippen LogP contribution in [0.15, 0.2) is 24.3 Å². The third kappa shape index (κ3) is 5.00. The van der Waals surface area contributed by atoms with Crippen molar-refractivity contribution in [3.05, 3.63) is 29.8 Å². The molecular formula is C26H37N3O3. The summed E-state index contributed by atoms with van der Waals surface area (Å²) < 4.78 is 0. The van der Waals surface area contributed by atoms with E-state index in [0.717, 1.165) is 43.4 Å². The van der Waals surface area contributed by atoms with E-state index in [-0.39, 0.29) is 29.2 Å². The number of anilines is 1. The summed E-state index contributed by atoms with van der Waals surface area (Å²) in [7, 11) is 0. The van der Waals surface area contributed by atoms with Crippen LogP contribution < -0.4 is 16.0 Å². The van der Waals surface area contributed by atoms with Crippen molar-refractivity contribution in [2.75, 3.05) is 11.9 Å². The highest BCUT2D eigenvalue weighted by molar-refractivity contribution is 6.03. The Morgan fingerprint density at radius 2 is 1.66 bits per heavy atom. The van der Waals surface area contributed by atoms with Crippen LogP contribution in [0.4, 0.5) is 5.69 Å². The number of carbonyl (C=O) groups excluding carboxylic acids is 3. The number of nitrogens with one attached hydrogen (secondary N) is 3. The summed E-state index contributed by atoms with van der Waals surface area (Å²) in [6.45, 7) is 4.49. The van der Waals surface area contributed by atoms with Gasteiger partial charge in [-0.1, -0.05) is 19.1 Å². The molecule has 4 fully saturated rings. The zero-order chi connectivity index (χ0) is 22.7. The van der Waals surface area contributed by atoms with Crippen LogP contribution in [0, 0.1) is 23.2 Å². The molecule has 5 rings (SSSR count). The largest absolute Gasteiger partial charge is 0.356 e. The Hall–Kier alpha value is -2.37. The molecule has 32 heavy (non-hydrogen) atoms. The molecule has 0 aromatic heterocycles. The fraction of sp³-hybridized carbons (Fsp3) is 0.654. The normalized spacial score (nSPS) is 28.8. The number of hydrogen-bond donors (Lipinski definition) is 3. The topological polar surface area (TPSA) is 87.3 Å². The third-order valence-electron chi connectivity index (χ3n) is 7.82. The van der Waals surface area contributed by atoms with Gasteiger partial charge in [-0.3, -0.25) is 14.4 Å². The minimum atomic E-state index is -0.182. The molecule has 0 spiro atoms. The lowest BCUT2D eigenvalue weighted by molar-refractivity contribution is -0.146. The highest BCUT2D eigenvalue weighted by Gasteiger charge is 2.54. The lowest BCUT2D eigenvalue weighted by Gasteiger charge is -2.55. The van der Waals surface area contributed by atoms with E-state index in [9.17, 15) is 14.4 Å². The standard InChI is InChI=1S/C26H37N3O3/c1-3-17(2)28-24(31)21-7-4-5-8-22(21)29-23(30)9-6-10-27-25(32)26-14-18-11-19(15-26)13-20(12-18)16-26/h4-5,7-8,17-20H,3,6,9-16H2,1-2H3,(H,27,32)(H,28,31)(H,29,30). The molecule has 0 heterocycles. The van der Waals surface area contributed by atoms with Gasteiger partial charge in [-0.2, -0.15) is 0 Å². The smallest absolute Gasteiger partial charge is 0.253 e. The monoisotopic (exact) mass is 439 g/mol. The minimum Gasteiger partial charge on any atom is -0.356 e. The molecular weight excluding hydrogens is 402 g/mol. The molecule has 1 atom stereocenters. The van der Waals surface area contributed by atoms with Crippen molar-refractivity contribution >= 4 is 23.4 Å². The first-order valence-corrected chi connectivity index (χ1v) is 12.4. The Balaban J connectivity index is 1.23. The predicted octanol–water partition coefficient (Wildman–Crippen LogP) is 4.27. The van der Waals surface area contributed by atoms with Crippen molar-refractivity contribution in [1.29, 1.82) is 0 Å². The van der Waals surface area contributed by atoms with Gasteiger partial charge < -0.3 is 16.0 Å². The van der Waals surface area contributed by atoms with Crippen LogP contribution >= 0.6 is 0 Å². The first-order valence-electron chi connectivity index (χ1n) is 12.4. The summed E-state index contributed by atoms with van der Waals surface area (Å²) in [4.78, 5) is 38.0. The van der Waals surface area contributed by atoms with E-state index >= 15 is 0 Å². The number of hydrogen-bond acceptors (Lipinski definition) is 3. The van der Waals surface area contributed by atoms with Gasteiger partial charge in [0, 0.05) is 24.4 Å². The lowest BCUT2D eigenvalue weighted by atomic mass is 9.49. The van der Waals surface area contributed by atoms with Gasteiger partial charge in [0.2, 0.25) is 11.8 Å². The van der Waals surface area contributed by atoms with Gasteiger partial charge in [-0.25, -0.2) is 0 Å². The molecule has 4 aliphatic carbocycles. The van der Waals surface area contributed by atoms with E-state index in [0.29, 0.717) is 30.6 Å². The minimum absolute atomic E-state index is 0.0730. The number of para-hydroxylation sites is 1. The summed E-state index contributed by atoms with van der Waals surface area (Å²) in [6.07, 6.45) is 8.88. The Labute approximate surface area is 191 Å². The Kier molecular flexibility index (Phi) is 6.87. The first-order chi connectivity index (χ1) is 15.4. The Bertz CT molecular complexity index is 830. The fourth-order valence-electron chi connectivity index (χ4n) is 6.43. The highest BCUT2D eigenvalue weighted by Crippen LogP contribution is 2.60. The molecule has 0 saturated heterocycles. The molecule has 1 aromatic carbocycles. The fourth-order valence-corrected chi connectivity index (χ4v) is 6.43. The third-order valence-corrected chi connectivity index (χ3v) is 7.82. The molecule has 4 saturated carbocycles. The van der Waals surface area contributed by atoms with Gasteiger partial charge in [-0.15, -0.1) is 0 Å². The molecule has 0 radical (unpaired) electrons. The van der Waals surface area contributed by atoms with Crippen molar-refractivity contribution < 1.29 is 14.4 Å². The number of amides is 3. The molecule has 3 N–H and O–H groups in total. The molecule has 3 amide bonds. The van der Waals surface area contributed by atoms with Crippen LogP contribution in [0.25, 0.3) is 0 Å². The number of rotatable bonds is 9. The van der Waals surface area contributed by atoms with E-state index in [1.54, 1.807) is 24.3 Å². The quantitative estimate of drug-likeness (QED) is 0.502. The average Bonchev–Trinajstić information content (AvgIpc) is 2.75. The summed E-state index contributed by atoms with van der Waals surface area (Å²) in [5.74, 6) is 2.13. The number of benzene rings is 1. The van der Waals surface area contributed by atoms with Crippen LogP contribution in [0.5, 0.6) is 0 Å².